The fourth-order valence-electron chi connectivity index (χ4n) is 9.60. The first-order chi connectivity index (χ1) is 29.0. The van der Waals surface area contributed by atoms with Crippen LogP contribution in [0.5, 0.6) is 5.75 Å². The zero-order valence-corrected chi connectivity index (χ0v) is 33.5. The van der Waals surface area contributed by atoms with Gasteiger partial charge in [-0.2, -0.15) is 0 Å². The highest BCUT2D eigenvalue weighted by Gasteiger charge is 2.75. The molecule has 0 radical (unpaired) electrons. The number of allylic oxidation sites excluding steroid dienone is 2. The highest BCUT2D eigenvalue weighted by Crippen LogP contribution is 2.65. The number of carbonyl (C=O) groups is 5. The van der Waals surface area contributed by atoms with Gasteiger partial charge in [0.1, 0.15) is 29.4 Å². The third-order valence-corrected chi connectivity index (χ3v) is 12.2. The zero-order valence-electron chi connectivity index (χ0n) is 33.5. The van der Waals surface area contributed by atoms with Crippen molar-refractivity contribution in [2.75, 3.05) is 12.0 Å². The number of hydrogen-bond donors (Lipinski definition) is 3. The second-order valence-corrected chi connectivity index (χ2v) is 16.1. The fraction of sp³-hybridized carbons (Fsp3) is 0.312. The number of phenolic OH excluding ortho intramolecular Hbond substituents is 1. The van der Waals surface area contributed by atoms with Crippen LogP contribution in [-0.2, 0) is 34.1 Å². The monoisotopic (exact) mass is 806 g/mol. The minimum Gasteiger partial charge on any atom is -0.508 e. The molecule has 4 amide bonds. The molecule has 7 atom stereocenters. The molecule has 1 spiro atoms. The number of cyclic esters (lactones) is 1. The minimum atomic E-state index is -2.06. The van der Waals surface area contributed by atoms with E-state index in [9.17, 15) is 24.3 Å². The number of rotatable bonds is 7. The molecule has 0 aromatic heterocycles. The highest BCUT2D eigenvalue weighted by molar-refractivity contribution is 6.25. The first kappa shape index (κ1) is 40.1. The Labute approximate surface area is 348 Å². The van der Waals surface area contributed by atoms with Crippen LogP contribution in [0, 0.1) is 23.7 Å². The van der Waals surface area contributed by atoms with Gasteiger partial charge in [0.05, 0.1) is 30.8 Å². The summed E-state index contributed by atoms with van der Waals surface area (Å²) in [5.74, 6) is 1.17. The molecule has 0 bridgehead atoms. The first-order valence-corrected chi connectivity index (χ1v) is 20.2. The van der Waals surface area contributed by atoms with Crippen LogP contribution in [0.4, 0.5) is 10.5 Å². The van der Waals surface area contributed by atoms with E-state index in [1.54, 1.807) is 44.2 Å². The summed E-state index contributed by atoms with van der Waals surface area (Å²) in [6.45, 7) is 3.46. The predicted molar refractivity (Wildman–Crippen MR) is 222 cm³/mol. The quantitative estimate of drug-likeness (QED) is 0.143. The number of phenols is 1. The molecule has 12 nitrogen and oxygen atoms in total. The Morgan fingerprint density at radius 3 is 2.18 bits per heavy atom. The number of methoxy groups -OCH3 is 1. The SMILES string of the molecule is COC(=O)[C@@H](NC(=O)N1C(=O)[C@@]2(c3cc(C#CC4=CCCCC4)ccc31)[C@H](C(N)=O)[C@H]1C(=O)O[C@H](c3ccccc3)[C@H](c3ccccc3)N1[C@@H]2c1ccc(O)cc1)C(C)C. The van der Waals surface area contributed by atoms with Crippen LogP contribution in [0.2, 0.25) is 0 Å². The number of urea groups is 1. The van der Waals surface area contributed by atoms with Crippen molar-refractivity contribution >= 4 is 35.5 Å². The summed E-state index contributed by atoms with van der Waals surface area (Å²) in [5.41, 5.74) is 8.13. The Bertz CT molecular complexity index is 2440. The van der Waals surface area contributed by atoms with Crippen molar-refractivity contribution in [1.29, 1.82) is 0 Å². The van der Waals surface area contributed by atoms with Crippen LogP contribution in [0.25, 0.3) is 0 Å². The molecule has 3 heterocycles. The molecule has 0 saturated carbocycles. The first-order valence-electron chi connectivity index (χ1n) is 20.2. The molecule has 3 aliphatic heterocycles. The van der Waals surface area contributed by atoms with E-state index in [4.69, 9.17) is 15.2 Å². The number of amides is 4. The Balaban J connectivity index is 1.42. The fourth-order valence-corrected chi connectivity index (χ4v) is 9.60. The second kappa shape index (κ2) is 16.2. The number of anilines is 1. The maximum atomic E-state index is 16.0. The van der Waals surface area contributed by atoms with Crippen molar-refractivity contribution in [1.82, 2.24) is 10.2 Å². The maximum absolute atomic E-state index is 16.0. The number of carbonyl (C=O) groups excluding carboxylic acids is 5. The van der Waals surface area contributed by atoms with Crippen molar-refractivity contribution in [3.63, 3.8) is 0 Å². The second-order valence-electron chi connectivity index (χ2n) is 16.1. The Hall–Kier alpha value is -6.71. The molecular weight excluding hydrogens is 761 g/mol. The Morgan fingerprint density at radius 2 is 1.57 bits per heavy atom. The number of nitrogens with one attached hydrogen (secondary N) is 1. The van der Waals surface area contributed by atoms with E-state index in [1.165, 1.54) is 19.2 Å². The number of nitrogens with zero attached hydrogens (tertiary/aromatic N) is 2. The lowest BCUT2D eigenvalue weighted by Gasteiger charge is -2.46. The van der Waals surface area contributed by atoms with Gasteiger partial charge in [-0.05, 0) is 89.8 Å². The molecule has 4 aromatic carbocycles. The van der Waals surface area contributed by atoms with Gasteiger partial charge in [0, 0.05) is 5.56 Å². The molecule has 60 heavy (non-hydrogen) atoms. The number of nitrogens with two attached hydrogens (primary N) is 1. The molecule has 306 valence electrons. The average molecular weight is 807 g/mol. The number of esters is 2. The standard InChI is InChI=1S/C48H46N4O8/c1-28(2)38(44(55)59-3)50-47(58)51-36-26-21-30(20-19-29-13-7-4-8-14-29)27-35(36)48(46(51)57)37(43(49)54)40-45(56)60-41(32-17-11-6-12-18-32)39(31-15-9-5-10-16-31)52(40)42(48)33-22-24-34(53)25-23-33/h5-6,9-13,15-18,21-28,37-42,53H,4,7-8,14H2,1-3H3,(H2,49,54)(H,50,58)/t37-,38-,39-,40-,41+,42+,48-/m0/s1. The van der Waals surface area contributed by atoms with Crippen molar-refractivity contribution in [3.8, 4) is 17.6 Å². The molecule has 0 unspecified atom stereocenters. The van der Waals surface area contributed by atoms with Crippen LogP contribution >= 0.6 is 0 Å². The van der Waals surface area contributed by atoms with Crippen molar-refractivity contribution in [2.45, 2.75) is 75.2 Å². The van der Waals surface area contributed by atoms with Gasteiger partial charge < -0.3 is 25.6 Å². The number of primary amides is 1. The third-order valence-electron chi connectivity index (χ3n) is 12.2. The van der Waals surface area contributed by atoms with Gasteiger partial charge in [-0.15, -0.1) is 0 Å². The largest absolute Gasteiger partial charge is 0.508 e. The summed E-state index contributed by atoms with van der Waals surface area (Å²) in [6.07, 6.45) is 5.06. The summed E-state index contributed by atoms with van der Waals surface area (Å²) in [7, 11) is 1.21. The van der Waals surface area contributed by atoms with Crippen LogP contribution in [0.3, 0.4) is 0 Å². The topological polar surface area (TPSA) is 169 Å². The number of ether oxygens (including phenoxy) is 2. The molecule has 4 aromatic rings. The van der Waals surface area contributed by atoms with Crippen LogP contribution in [0.15, 0.2) is 115 Å². The number of morpholine rings is 1. The smallest absolute Gasteiger partial charge is 0.329 e. The van der Waals surface area contributed by atoms with E-state index in [-0.39, 0.29) is 17.0 Å². The van der Waals surface area contributed by atoms with E-state index in [2.05, 4.69) is 23.2 Å². The molecule has 4 aliphatic rings. The lowest BCUT2D eigenvalue weighted by molar-refractivity contribution is -0.178. The summed E-state index contributed by atoms with van der Waals surface area (Å²) in [6, 6.07) is 24.4. The van der Waals surface area contributed by atoms with E-state index < -0.39 is 77.3 Å². The zero-order chi connectivity index (χ0) is 42.3. The van der Waals surface area contributed by atoms with Gasteiger partial charge in [0.15, 0.2) is 0 Å². The van der Waals surface area contributed by atoms with Crippen LogP contribution in [0.1, 0.15) is 85.5 Å². The van der Waals surface area contributed by atoms with E-state index in [0.717, 1.165) is 41.7 Å². The van der Waals surface area contributed by atoms with Crippen LogP contribution < -0.4 is 16.0 Å². The van der Waals surface area contributed by atoms with Crippen LogP contribution in [-0.4, -0.2) is 59.0 Å². The number of imide groups is 1. The molecular formula is C48H46N4O8. The van der Waals surface area contributed by atoms with Gasteiger partial charge in [0.2, 0.25) is 11.8 Å². The maximum Gasteiger partial charge on any atom is 0.329 e. The number of aromatic hydroxyl groups is 1. The normalized spacial score (nSPS) is 25.0. The van der Waals surface area contributed by atoms with Gasteiger partial charge in [0.25, 0.3) is 0 Å². The van der Waals surface area contributed by atoms with E-state index in [0.29, 0.717) is 16.7 Å². The van der Waals surface area contributed by atoms with E-state index >= 15 is 4.79 Å². The van der Waals surface area contributed by atoms with Gasteiger partial charge in [-0.1, -0.05) is 105 Å². The molecule has 2 fully saturated rings. The Morgan fingerprint density at radius 1 is 0.883 bits per heavy atom. The van der Waals surface area contributed by atoms with Gasteiger partial charge in [-0.3, -0.25) is 19.3 Å². The summed E-state index contributed by atoms with van der Waals surface area (Å²) in [5, 5.41) is 13.3. The Kier molecular flexibility index (Phi) is 10.8. The summed E-state index contributed by atoms with van der Waals surface area (Å²) in [4.78, 5) is 75.7. The third kappa shape index (κ3) is 6.69. The number of fused-ring (bicyclic) bond motifs is 3. The molecule has 12 heteroatoms. The van der Waals surface area contributed by atoms with Crippen molar-refractivity contribution < 1.29 is 38.6 Å². The van der Waals surface area contributed by atoms with Crippen molar-refractivity contribution in [3.05, 3.63) is 143 Å². The number of hydrogen-bond acceptors (Lipinski definition) is 9. The average Bonchev–Trinajstić information content (AvgIpc) is 3.72. The molecule has 1 aliphatic carbocycles. The lowest BCUT2D eigenvalue weighted by Crippen LogP contribution is -2.57. The molecule has 2 saturated heterocycles. The predicted octanol–water partition coefficient (Wildman–Crippen LogP) is 6.30. The molecule has 4 N–H and O–H groups in total. The van der Waals surface area contributed by atoms with Gasteiger partial charge in [-0.25, -0.2) is 14.5 Å². The summed E-state index contributed by atoms with van der Waals surface area (Å²) < 4.78 is 11.4. The molecule has 8 rings (SSSR count). The highest BCUT2D eigenvalue weighted by atomic mass is 16.6. The van der Waals surface area contributed by atoms with Crippen molar-refractivity contribution in [2.24, 2.45) is 17.6 Å². The van der Waals surface area contributed by atoms with E-state index in [1.807, 2.05) is 65.6 Å². The number of benzene rings is 4. The minimum absolute atomic E-state index is 0.0510. The lowest BCUT2D eigenvalue weighted by atomic mass is 9.65. The summed E-state index contributed by atoms with van der Waals surface area (Å²) >= 11 is 0. The van der Waals surface area contributed by atoms with Gasteiger partial charge >= 0.3 is 18.0 Å².